The highest BCUT2D eigenvalue weighted by Gasteiger charge is 2.16. The van der Waals surface area contributed by atoms with Crippen molar-refractivity contribution in [2.75, 3.05) is 5.88 Å². The Labute approximate surface area is 54.0 Å². The molecule has 0 aliphatic rings. The quantitative estimate of drug-likeness (QED) is 0.590. The fourth-order valence-electron chi connectivity index (χ4n) is 0.0583. The number of hydrogen-bond acceptors (Lipinski definition) is 0. The van der Waals surface area contributed by atoms with Gasteiger partial charge in [-0.3, -0.25) is 0 Å². The summed E-state index contributed by atoms with van der Waals surface area (Å²) >= 11 is 7.62. The van der Waals surface area contributed by atoms with Gasteiger partial charge in [0, 0.05) is 5.88 Å². The molecule has 0 aromatic carbocycles. The number of hydrogen-bond donors (Lipinski definition) is 0. The summed E-state index contributed by atoms with van der Waals surface area (Å²) in [5.41, 5.74) is 0. The van der Waals surface area contributed by atoms with E-state index in [1.807, 2.05) is 0 Å². The van der Waals surface area contributed by atoms with E-state index in [2.05, 4.69) is 15.9 Å². The topological polar surface area (TPSA) is 0 Å². The third-order valence-electron chi connectivity index (χ3n) is 0.372. The monoisotopic (exact) mass is 191 g/mol. The van der Waals surface area contributed by atoms with E-state index in [9.17, 15) is 8.78 Å². The maximum atomic E-state index is 11.2. The summed E-state index contributed by atoms with van der Waals surface area (Å²) in [6.07, 6.45) is -1.67. The van der Waals surface area contributed by atoms with E-state index in [1.165, 1.54) is 0 Å². The standard InChI is InChI=1S/C3H3BrClF2/c4-2(1-5)3(6)7/h2H,1H2. The second kappa shape index (κ2) is 3.61. The molecule has 43 valence electrons. The lowest BCUT2D eigenvalue weighted by atomic mass is 10.5. The van der Waals surface area contributed by atoms with Crippen molar-refractivity contribution >= 4 is 27.5 Å². The van der Waals surface area contributed by atoms with Crippen LogP contribution in [0.4, 0.5) is 8.78 Å². The van der Waals surface area contributed by atoms with Crippen molar-refractivity contribution in [2.45, 2.75) is 4.83 Å². The molecule has 0 aliphatic carbocycles. The van der Waals surface area contributed by atoms with Crippen LogP contribution in [0.25, 0.3) is 0 Å². The second-order valence-electron chi connectivity index (χ2n) is 0.911. The zero-order valence-electron chi connectivity index (χ0n) is 3.30. The summed E-state index contributed by atoms with van der Waals surface area (Å²) in [5.74, 6) is -0.0810. The van der Waals surface area contributed by atoms with Gasteiger partial charge in [-0.2, -0.15) is 8.78 Å². The first-order valence-corrected chi connectivity index (χ1v) is 3.01. The van der Waals surface area contributed by atoms with Gasteiger partial charge in [0.15, 0.2) is 0 Å². The summed E-state index contributed by atoms with van der Waals surface area (Å²) in [6.45, 7) is 0. The average Bonchev–Trinajstić information content (AvgIpc) is 1.65. The maximum Gasteiger partial charge on any atom is 0.324 e. The maximum absolute atomic E-state index is 11.2. The Morgan fingerprint density at radius 2 is 2.14 bits per heavy atom. The van der Waals surface area contributed by atoms with Gasteiger partial charge in [0.1, 0.15) is 0 Å². The third kappa shape index (κ3) is 3.23. The zero-order valence-corrected chi connectivity index (χ0v) is 5.64. The van der Waals surface area contributed by atoms with Crippen molar-refractivity contribution in [3.63, 3.8) is 0 Å². The molecule has 0 heterocycles. The van der Waals surface area contributed by atoms with E-state index in [1.54, 1.807) is 0 Å². The molecule has 1 unspecified atom stereocenters. The first kappa shape index (κ1) is 7.63. The largest absolute Gasteiger partial charge is 0.324 e. The predicted octanol–water partition coefficient (Wildman–Crippen LogP) is 2.42. The highest BCUT2D eigenvalue weighted by molar-refractivity contribution is 9.09. The lowest BCUT2D eigenvalue weighted by molar-refractivity contribution is 0.286. The van der Waals surface area contributed by atoms with E-state index in [-0.39, 0.29) is 5.88 Å². The summed E-state index contributed by atoms with van der Waals surface area (Å²) in [7, 11) is 0. The molecule has 0 amide bonds. The Bertz CT molecular complexity index is 50.2. The first-order chi connectivity index (χ1) is 3.18. The van der Waals surface area contributed by atoms with Gasteiger partial charge >= 0.3 is 6.43 Å². The molecule has 0 saturated heterocycles. The molecule has 7 heavy (non-hydrogen) atoms. The van der Waals surface area contributed by atoms with E-state index < -0.39 is 11.3 Å². The Morgan fingerprint density at radius 1 is 1.71 bits per heavy atom. The number of alkyl halides is 2. The Hall–Kier alpha value is 0.630. The van der Waals surface area contributed by atoms with E-state index in [4.69, 9.17) is 11.6 Å². The molecule has 1 atom stereocenters. The molecule has 0 N–H and O–H groups in total. The molecule has 0 aromatic rings. The molecule has 4 heteroatoms. The van der Waals surface area contributed by atoms with Gasteiger partial charge in [-0.1, -0.05) is 15.9 Å². The lowest BCUT2D eigenvalue weighted by Gasteiger charge is -1.97. The smallest absolute Gasteiger partial charge is 0.199 e. The molecule has 0 spiro atoms. The molecule has 0 nitrogen and oxygen atoms in total. The van der Waals surface area contributed by atoms with Crippen LogP contribution in [0.5, 0.6) is 0 Å². The molecule has 0 aromatic heterocycles. The first-order valence-electron chi connectivity index (χ1n) is 1.56. The fourth-order valence-corrected chi connectivity index (χ4v) is 0.175. The van der Waals surface area contributed by atoms with Gasteiger partial charge < -0.3 is 0 Å². The van der Waals surface area contributed by atoms with Gasteiger partial charge in [0.05, 0.1) is 4.83 Å². The fraction of sp³-hybridized carbons (Fsp3) is 0.667. The van der Waals surface area contributed by atoms with Crippen LogP contribution >= 0.6 is 27.5 Å². The summed E-state index contributed by atoms with van der Waals surface area (Å²) < 4.78 is 22.4. The van der Waals surface area contributed by atoms with Crippen LogP contribution in [-0.4, -0.2) is 10.7 Å². The Morgan fingerprint density at radius 3 is 2.14 bits per heavy atom. The zero-order chi connectivity index (χ0) is 5.86. The van der Waals surface area contributed by atoms with Gasteiger partial charge in [0.2, 0.25) is 0 Å². The number of rotatable bonds is 2. The summed E-state index contributed by atoms with van der Waals surface area (Å²) in [6, 6.07) is 0. The molecular weight excluding hydrogens is 189 g/mol. The van der Waals surface area contributed by atoms with Gasteiger partial charge in [0.25, 0.3) is 0 Å². The van der Waals surface area contributed by atoms with Crippen molar-refractivity contribution in [2.24, 2.45) is 0 Å². The summed E-state index contributed by atoms with van der Waals surface area (Å²) in [4.78, 5) is -0.936. The van der Waals surface area contributed by atoms with E-state index in [0.29, 0.717) is 0 Å². The average molecular weight is 192 g/mol. The molecule has 0 rings (SSSR count). The van der Waals surface area contributed by atoms with Crippen LogP contribution in [0.1, 0.15) is 0 Å². The molecule has 0 saturated carbocycles. The molecule has 0 bridgehead atoms. The van der Waals surface area contributed by atoms with Crippen LogP contribution < -0.4 is 0 Å². The normalized spacial score (nSPS) is 15.0. The highest BCUT2D eigenvalue weighted by atomic mass is 79.9. The molecule has 0 fully saturated rings. The van der Waals surface area contributed by atoms with Crippen molar-refractivity contribution in [1.29, 1.82) is 0 Å². The van der Waals surface area contributed by atoms with Gasteiger partial charge in [-0.05, 0) is 0 Å². The van der Waals surface area contributed by atoms with Crippen molar-refractivity contribution in [3.05, 3.63) is 6.43 Å². The Balaban J connectivity index is 3.14. The highest BCUT2D eigenvalue weighted by Crippen LogP contribution is 2.18. The minimum atomic E-state index is -1.67. The minimum Gasteiger partial charge on any atom is -0.199 e. The second-order valence-corrected chi connectivity index (χ2v) is 2.33. The van der Waals surface area contributed by atoms with Crippen molar-refractivity contribution in [1.82, 2.24) is 0 Å². The molecular formula is C3H3BrClF2. The minimum absolute atomic E-state index is 0.0810. The lowest BCUT2D eigenvalue weighted by Crippen LogP contribution is -2.02. The van der Waals surface area contributed by atoms with Crippen LogP contribution in [0.2, 0.25) is 0 Å². The van der Waals surface area contributed by atoms with Crippen molar-refractivity contribution in [3.8, 4) is 0 Å². The molecule has 1 radical (unpaired) electrons. The Kier molecular flexibility index (Phi) is 3.93. The van der Waals surface area contributed by atoms with Crippen molar-refractivity contribution < 1.29 is 8.78 Å². The van der Waals surface area contributed by atoms with E-state index >= 15 is 0 Å². The van der Waals surface area contributed by atoms with Crippen LogP contribution in [-0.2, 0) is 0 Å². The van der Waals surface area contributed by atoms with Gasteiger partial charge in [-0.15, -0.1) is 11.6 Å². The third-order valence-corrected chi connectivity index (χ3v) is 1.72. The summed E-state index contributed by atoms with van der Waals surface area (Å²) in [5, 5.41) is 0. The number of halogens is 4. The van der Waals surface area contributed by atoms with Crippen LogP contribution in [0, 0.1) is 6.43 Å². The van der Waals surface area contributed by atoms with Crippen LogP contribution in [0.3, 0.4) is 0 Å². The van der Waals surface area contributed by atoms with Gasteiger partial charge in [-0.25, -0.2) is 0 Å². The molecule has 0 aliphatic heterocycles. The van der Waals surface area contributed by atoms with Crippen LogP contribution in [0.15, 0.2) is 0 Å². The predicted molar refractivity (Wildman–Crippen MR) is 28.9 cm³/mol. The van der Waals surface area contributed by atoms with E-state index in [0.717, 1.165) is 0 Å². The SMILES string of the molecule is F[C](F)C(Br)CCl.